The van der Waals surface area contributed by atoms with Crippen molar-refractivity contribution in [3.63, 3.8) is 0 Å². The molecule has 2 rings (SSSR count). The molecule has 2 aromatic rings. The topological polar surface area (TPSA) is 58.0 Å². The summed E-state index contributed by atoms with van der Waals surface area (Å²) in [5.74, 6) is -1.60. The minimum Gasteiger partial charge on any atom is -0.386 e. The van der Waals surface area contributed by atoms with Crippen LogP contribution >= 0.6 is 15.9 Å². The Morgan fingerprint density at radius 3 is 2.45 bits per heavy atom. The predicted molar refractivity (Wildman–Crippen MR) is 74.1 cm³/mol. The molecule has 1 heterocycles. The Kier molecular flexibility index (Phi) is 4.61. The van der Waals surface area contributed by atoms with Crippen LogP contribution < -0.4 is 5.32 Å². The van der Waals surface area contributed by atoms with Crippen molar-refractivity contribution in [2.75, 3.05) is 5.32 Å². The van der Waals surface area contributed by atoms with Crippen LogP contribution in [0.3, 0.4) is 0 Å². The van der Waals surface area contributed by atoms with E-state index in [1.54, 1.807) is 19.3 Å². The molecule has 0 saturated heterocycles. The third-order valence-electron chi connectivity index (χ3n) is 2.74. The first-order chi connectivity index (χ1) is 9.47. The highest BCUT2D eigenvalue weighted by molar-refractivity contribution is 9.10. The van der Waals surface area contributed by atoms with Gasteiger partial charge < -0.3 is 10.4 Å². The molecule has 0 spiro atoms. The predicted octanol–water partition coefficient (Wildman–Crippen LogP) is 3.05. The molecule has 1 aromatic carbocycles. The van der Waals surface area contributed by atoms with E-state index in [9.17, 15) is 13.9 Å². The third kappa shape index (κ3) is 3.49. The Morgan fingerprint density at radius 2 is 1.85 bits per heavy atom. The lowest BCUT2D eigenvalue weighted by Gasteiger charge is -2.20. The van der Waals surface area contributed by atoms with E-state index in [2.05, 4.69) is 31.2 Å². The standard InChI is InChI=1S/C13H12BrF2N3O/c1-7(19-13-17-5-9(14)6-18-13)12(20)8-2-3-10(15)11(16)4-8/h2-7,12,20H,1H3,(H,17,18,19). The van der Waals surface area contributed by atoms with E-state index in [0.29, 0.717) is 5.95 Å². The third-order valence-corrected chi connectivity index (χ3v) is 3.15. The maximum Gasteiger partial charge on any atom is 0.222 e. The van der Waals surface area contributed by atoms with E-state index < -0.39 is 23.8 Å². The average molecular weight is 344 g/mol. The van der Waals surface area contributed by atoms with Gasteiger partial charge in [-0.3, -0.25) is 0 Å². The fraction of sp³-hybridized carbons (Fsp3) is 0.231. The number of rotatable bonds is 4. The molecule has 20 heavy (non-hydrogen) atoms. The number of aliphatic hydroxyl groups is 1. The smallest absolute Gasteiger partial charge is 0.222 e. The normalized spacial score (nSPS) is 13.8. The van der Waals surface area contributed by atoms with Crippen LogP contribution in [0.2, 0.25) is 0 Å². The van der Waals surface area contributed by atoms with Gasteiger partial charge in [-0.2, -0.15) is 0 Å². The second-order valence-corrected chi connectivity index (χ2v) is 5.19. The highest BCUT2D eigenvalue weighted by atomic mass is 79.9. The van der Waals surface area contributed by atoms with Gasteiger partial charge >= 0.3 is 0 Å². The van der Waals surface area contributed by atoms with Gasteiger partial charge in [0.1, 0.15) is 0 Å². The van der Waals surface area contributed by atoms with Gasteiger partial charge in [0.15, 0.2) is 11.6 Å². The van der Waals surface area contributed by atoms with Gasteiger partial charge in [0.05, 0.1) is 16.6 Å². The molecule has 2 N–H and O–H groups in total. The van der Waals surface area contributed by atoms with Crippen molar-refractivity contribution < 1.29 is 13.9 Å². The lowest BCUT2D eigenvalue weighted by atomic mass is 10.0. The van der Waals surface area contributed by atoms with Crippen LogP contribution in [0.1, 0.15) is 18.6 Å². The summed E-state index contributed by atoms with van der Waals surface area (Å²) in [6.07, 6.45) is 2.11. The number of anilines is 1. The van der Waals surface area contributed by atoms with E-state index >= 15 is 0 Å². The number of aliphatic hydroxyl groups excluding tert-OH is 1. The van der Waals surface area contributed by atoms with Crippen molar-refractivity contribution in [2.24, 2.45) is 0 Å². The van der Waals surface area contributed by atoms with Crippen LogP contribution in [-0.2, 0) is 0 Å². The summed E-state index contributed by atoms with van der Waals surface area (Å²) < 4.78 is 26.7. The van der Waals surface area contributed by atoms with Crippen LogP contribution in [0.4, 0.5) is 14.7 Å². The summed E-state index contributed by atoms with van der Waals surface area (Å²) in [4.78, 5) is 8.02. The molecule has 0 aliphatic heterocycles. The SMILES string of the molecule is CC(Nc1ncc(Br)cn1)C(O)c1ccc(F)c(F)c1. The van der Waals surface area contributed by atoms with Gasteiger partial charge in [0.2, 0.25) is 5.95 Å². The second-order valence-electron chi connectivity index (χ2n) is 4.28. The Labute approximate surface area is 123 Å². The Morgan fingerprint density at radius 1 is 1.20 bits per heavy atom. The molecule has 2 unspecified atom stereocenters. The molecule has 2 atom stereocenters. The molecule has 7 heteroatoms. The zero-order valence-corrected chi connectivity index (χ0v) is 12.1. The highest BCUT2D eigenvalue weighted by Gasteiger charge is 2.18. The van der Waals surface area contributed by atoms with Crippen LogP contribution in [0, 0.1) is 11.6 Å². The molecule has 0 radical (unpaired) electrons. The van der Waals surface area contributed by atoms with Crippen LogP contribution in [0.5, 0.6) is 0 Å². The van der Waals surface area contributed by atoms with Gasteiger partial charge in [0.25, 0.3) is 0 Å². The molecule has 0 bridgehead atoms. The number of nitrogens with zero attached hydrogens (tertiary/aromatic N) is 2. The Hall–Kier alpha value is -1.60. The lowest BCUT2D eigenvalue weighted by Crippen LogP contribution is -2.25. The van der Waals surface area contributed by atoms with E-state index in [4.69, 9.17) is 0 Å². The maximum atomic E-state index is 13.1. The number of aromatic nitrogens is 2. The first-order valence-corrected chi connectivity index (χ1v) is 6.64. The molecule has 0 aliphatic carbocycles. The van der Waals surface area contributed by atoms with Gasteiger partial charge in [-0.15, -0.1) is 0 Å². The molecule has 1 aromatic heterocycles. The number of benzene rings is 1. The largest absolute Gasteiger partial charge is 0.386 e. The molecular formula is C13H12BrF2N3O. The van der Waals surface area contributed by atoms with E-state index in [-0.39, 0.29) is 5.56 Å². The molecule has 0 aliphatic rings. The number of nitrogens with one attached hydrogen (secondary N) is 1. The average Bonchev–Trinajstić information content (AvgIpc) is 2.43. The fourth-order valence-corrected chi connectivity index (χ4v) is 1.86. The van der Waals surface area contributed by atoms with Crippen molar-refractivity contribution in [3.8, 4) is 0 Å². The first kappa shape index (κ1) is 14.8. The Bertz CT molecular complexity index is 595. The molecule has 0 fully saturated rings. The van der Waals surface area contributed by atoms with Gasteiger partial charge in [-0.25, -0.2) is 18.7 Å². The fourth-order valence-electron chi connectivity index (χ4n) is 1.65. The zero-order valence-electron chi connectivity index (χ0n) is 10.5. The number of hydrogen-bond acceptors (Lipinski definition) is 4. The van der Waals surface area contributed by atoms with E-state index in [1.807, 2.05) is 0 Å². The van der Waals surface area contributed by atoms with Crippen LogP contribution in [0.15, 0.2) is 35.1 Å². The lowest BCUT2D eigenvalue weighted by molar-refractivity contribution is 0.160. The summed E-state index contributed by atoms with van der Waals surface area (Å²) >= 11 is 3.21. The van der Waals surface area contributed by atoms with E-state index in [0.717, 1.165) is 16.6 Å². The summed E-state index contributed by atoms with van der Waals surface area (Å²) in [6, 6.07) is 2.82. The first-order valence-electron chi connectivity index (χ1n) is 5.84. The van der Waals surface area contributed by atoms with Crippen molar-refractivity contribution in [1.82, 2.24) is 9.97 Å². The molecule has 0 amide bonds. The zero-order chi connectivity index (χ0) is 14.7. The minimum absolute atomic E-state index is 0.279. The summed E-state index contributed by atoms with van der Waals surface area (Å²) in [5.41, 5.74) is 0.279. The van der Waals surface area contributed by atoms with Crippen molar-refractivity contribution in [2.45, 2.75) is 19.1 Å². The minimum atomic E-state index is -1.02. The monoisotopic (exact) mass is 343 g/mol. The molecule has 0 saturated carbocycles. The summed E-state index contributed by atoms with van der Waals surface area (Å²) in [7, 11) is 0. The van der Waals surface area contributed by atoms with E-state index in [1.165, 1.54) is 6.07 Å². The molecular weight excluding hydrogens is 332 g/mol. The molecule has 106 valence electrons. The number of halogens is 3. The highest BCUT2D eigenvalue weighted by Crippen LogP contribution is 2.21. The van der Waals surface area contributed by atoms with Crippen LogP contribution in [0.25, 0.3) is 0 Å². The maximum absolute atomic E-state index is 13.1. The number of hydrogen-bond donors (Lipinski definition) is 2. The van der Waals surface area contributed by atoms with Gasteiger partial charge in [-0.05, 0) is 40.5 Å². The summed E-state index contributed by atoms with van der Waals surface area (Å²) in [5, 5.41) is 13.0. The van der Waals surface area contributed by atoms with Crippen LogP contribution in [-0.4, -0.2) is 21.1 Å². The molecule has 4 nitrogen and oxygen atoms in total. The Balaban J connectivity index is 2.09. The quantitative estimate of drug-likeness (QED) is 0.895. The second kappa shape index (κ2) is 6.23. The van der Waals surface area contributed by atoms with Gasteiger partial charge in [-0.1, -0.05) is 6.07 Å². The van der Waals surface area contributed by atoms with Crippen molar-refractivity contribution >= 4 is 21.9 Å². The van der Waals surface area contributed by atoms with Gasteiger partial charge in [0, 0.05) is 12.4 Å². The van der Waals surface area contributed by atoms with Crippen molar-refractivity contribution in [3.05, 3.63) is 52.3 Å². The summed E-state index contributed by atoms with van der Waals surface area (Å²) in [6.45, 7) is 1.69. The van der Waals surface area contributed by atoms with Crippen molar-refractivity contribution in [1.29, 1.82) is 0 Å².